The van der Waals surface area contributed by atoms with Gasteiger partial charge in [0.2, 0.25) is 5.13 Å². The zero-order chi connectivity index (χ0) is 13.0. The first-order valence-corrected chi connectivity index (χ1v) is 6.18. The molecule has 0 saturated carbocycles. The number of benzene rings is 1. The fourth-order valence-electron chi connectivity index (χ4n) is 1.40. The van der Waals surface area contributed by atoms with Gasteiger partial charge in [0.1, 0.15) is 11.3 Å². The fourth-order valence-corrected chi connectivity index (χ4v) is 1.84. The average Bonchev–Trinajstić information content (AvgIpc) is 2.81. The number of amides is 1. The molecule has 1 aromatic heterocycles. The minimum Gasteiger partial charge on any atom is -0.494 e. The SMILES string of the molecule is CCOc1cc(N)cc(C(=O)Nc2nncs2)c1. The number of anilines is 2. The van der Waals surface area contributed by atoms with Gasteiger partial charge in [0.25, 0.3) is 5.91 Å². The van der Waals surface area contributed by atoms with E-state index >= 15 is 0 Å². The number of aromatic nitrogens is 2. The first-order valence-electron chi connectivity index (χ1n) is 5.30. The number of rotatable bonds is 4. The van der Waals surface area contributed by atoms with Crippen molar-refractivity contribution in [2.24, 2.45) is 0 Å². The molecule has 0 atom stereocenters. The van der Waals surface area contributed by atoms with Gasteiger partial charge < -0.3 is 10.5 Å². The lowest BCUT2D eigenvalue weighted by Gasteiger charge is -2.07. The van der Waals surface area contributed by atoms with E-state index in [1.807, 2.05) is 6.92 Å². The maximum Gasteiger partial charge on any atom is 0.257 e. The number of hydrogen-bond donors (Lipinski definition) is 2. The molecule has 0 saturated heterocycles. The lowest BCUT2D eigenvalue weighted by Crippen LogP contribution is -2.12. The van der Waals surface area contributed by atoms with Crippen LogP contribution in [-0.2, 0) is 0 Å². The Morgan fingerprint density at radius 1 is 1.50 bits per heavy atom. The van der Waals surface area contributed by atoms with Gasteiger partial charge in [-0.25, -0.2) is 0 Å². The summed E-state index contributed by atoms with van der Waals surface area (Å²) in [6, 6.07) is 4.89. The van der Waals surface area contributed by atoms with Crippen LogP contribution in [0, 0.1) is 0 Å². The monoisotopic (exact) mass is 264 g/mol. The molecule has 7 heteroatoms. The van der Waals surface area contributed by atoms with E-state index in [0.717, 1.165) is 0 Å². The third-order valence-electron chi connectivity index (χ3n) is 2.08. The summed E-state index contributed by atoms with van der Waals surface area (Å²) < 4.78 is 5.33. The second kappa shape index (κ2) is 5.46. The van der Waals surface area contributed by atoms with Gasteiger partial charge in [-0.2, -0.15) is 0 Å². The number of nitrogen functional groups attached to an aromatic ring is 1. The first-order chi connectivity index (χ1) is 8.69. The molecule has 0 bridgehead atoms. The molecule has 1 amide bonds. The van der Waals surface area contributed by atoms with Crippen molar-refractivity contribution in [1.29, 1.82) is 0 Å². The van der Waals surface area contributed by atoms with Crippen LogP contribution in [0.4, 0.5) is 10.8 Å². The minimum atomic E-state index is -0.292. The van der Waals surface area contributed by atoms with E-state index < -0.39 is 0 Å². The summed E-state index contributed by atoms with van der Waals surface area (Å²) in [5.41, 5.74) is 8.16. The minimum absolute atomic E-state index is 0.292. The van der Waals surface area contributed by atoms with Crippen LogP contribution in [0.25, 0.3) is 0 Å². The molecule has 6 nitrogen and oxygen atoms in total. The number of nitrogens with zero attached hydrogens (tertiary/aromatic N) is 2. The van der Waals surface area contributed by atoms with Crippen molar-refractivity contribution in [2.75, 3.05) is 17.7 Å². The van der Waals surface area contributed by atoms with Crippen molar-refractivity contribution in [3.8, 4) is 5.75 Å². The average molecular weight is 264 g/mol. The standard InChI is InChI=1S/C11H12N4O2S/c1-2-17-9-4-7(3-8(12)5-9)10(16)14-11-15-13-6-18-11/h3-6H,2,12H2,1H3,(H,14,15,16). The highest BCUT2D eigenvalue weighted by Crippen LogP contribution is 2.20. The van der Waals surface area contributed by atoms with Crippen LogP contribution in [0.15, 0.2) is 23.7 Å². The molecule has 0 aliphatic rings. The molecule has 2 aromatic rings. The Hall–Kier alpha value is -2.15. The second-order valence-electron chi connectivity index (χ2n) is 3.42. The van der Waals surface area contributed by atoms with E-state index in [9.17, 15) is 4.79 Å². The normalized spacial score (nSPS) is 10.1. The quantitative estimate of drug-likeness (QED) is 0.821. The van der Waals surface area contributed by atoms with Crippen molar-refractivity contribution >= 4 is 28.1 Å². The topological polar surface area (TPSA) is 90.1 Å². The third-order valence-corrected chi connectivity index (χ3v) is 2.69. The van der Waals surface area contributed by atoms with E-state index in [2.05, 4.69) is 15.5 Å². The Balaban J connectivity index is 2.19. The number of ether oxygens (including phenoxy) is 1. The summed E-state index contributed by atoms with van der Waals surface area (Å²) in [5, 5.41) is 10.4. The van der Waals surface area contributed by atoms with Crippen LogP contribution in [-0.4, -0.2) is 22.7 Å². The molecular formula is C11H12N4O2S. The Bertz CT molecular complexity index is 542. The summed E-state index contributed by atoms with van der Waals surface area (Å²) in [5.74, 6) is 0.278. The molecule has 0 spiro atoms. The van der Waals surface area contributed by atoms with Gasteiger partial charge in [-0.15, -0.1) is 10.2 Å². The van der Waals surface area contributed by atoms with Crippen molar-refractivity contribution in [3.05, 3.63) is 29.3 Å². The Morgan fingerprint density at radius 2 is 2.33 bits per heavy atom. The maximum absolute atomic E-state index is 11.9. The smallest absolute Gasteiger partial charge is 0.257 e. The maximum atomic E-state index is 11.9. The Labute approximate surface area is 108 Å². The highest BCUT2D eigenvalue weighted by Gasteiger charge is 2.10. The van der Waals surface area contributed by atoms with Gasteiger partial charge in [-0.05, 0) is 19.1 Å². The summed E-state index contributed by atoms with van der Waals surface area (Å²) >= 11 is 1.25. The number of hydrogen-bond acceptors (Lipinski definition) is 6. The molecule has 0 aliphatic carbocycles. The van der Waals surface area contributed by atoms with E-state index in [0.29, 0.717) is 28.7 Å². The molecule has 0 unspecified atom stereocenters. The summed E-state index contributed by atoms with van der Waals surface area (Å²) in [7, 11) is 0. The molecule has 1 aromatic carbocycles. The van der Waals surface area contributed by atoms with Crippen LogP contribution >= 0.6 is 11.3 Å². The Kier molecular flexibility index (Phi) is 3.73. The first kappa shape index (κ1) is 12.3. The summed E-state index contributed by atoms with van der Waals surface area (Å²) in [6.45, 7) is 2.38. The zero-order valence-corrected chi connectivity index (χ0v) is 10.5. The van der Waals surface area contributed by atoms with Crippen LogP contribution in [0.3, 0.4) is 0 Å². The lowest BCUT2D eigenvalue weighted by molar-refractivity contribution is 0.102. The van der Waals surface area contributed by atoms with Gasteiger partial charge >= 0.3 is 0 Å². The van der Waals surface area contributed by atoms with Crippen molar-refractivity contribution in [1.82, 2.24) is 10.2 Å². The highest BCUT2D eigenvalue weighted by molar-refractivity contribution is 7.13. The lowest BCUT2D eigenvalue weighted by atomic mass is 10.2. The van der Waals surface area contributed by atoms with E-state index in [1.54, 1.807) is 23.7 Å². The predicted molar refractivity (Wildman–Crippen MR) is 69.9 cm³/mol. The number of carbonyl (C=O) groups is 1. The Morgan fingerprint density at radius 3 is 3.00 bits per heavy atom. The van der Waals surface area contributed by atoms with Gasteiger partial charge in [0.05, 0.1) is 6.61 Å². The number of carbonyl (C=O) groups excluding carboxylic acids is 1. The van der Waals surface area contributed by atoms with Gasteiger partial charge in [0, 0.05) is 17.3 Å². The second-order valence-corrected chi connectivity index (χ2v) is 4.25. The molecule has 3 N–H and O–H groups in total. The van der Waals surface area contributed by atoms with Gasteiger partial charge in [-0.3, -0.25) is 10.1 Å². The van der Waals surface area contributed by atoms with E-state index in [-0.39, 0.29) is 5.91 Å². The summed E-state index contributed by atoms with van der Waals surface area (Å²) in [6.07, 6.45) is 0. The predicted octanol–water partition coefficient (Wildman–Crippen LogP) is 1.77. The molecule has 0 radical (unpaired) electrons. The molecule has 2 rings (SSSR count). The third kappa shape index (κ3) is 2.95. The van der Waals surface area contributed by atoms with Crippen molar-refractivity contribution in [2.45, 2.75) is 6.92 Å². The molecule has 0 fully saturated rings. The highest BCUT2D eigenvalue weighted by atomic mass is 32.1. The molecular weight excluding hydrogens is 252 g/mol. The summed E-state index contributed by atoms with van der Waals surface area (Å²) in [4.78, 5) is 11.9. The van der Waals surface area contributed by atoms with E-state index in [1.165, 1.54) is 11.3 Å². The van der Waals surface area contributed by atoms with Crippen LogP contribution < -0.4 is 15.8 Å². The van der Waals surface area contributed by atoms with Crippen LogP contribution in [0.1, 0.15) is 17.3 Å². The van der Waals surface area contributed by atoms with Crippen molar-refractivity contribution < 1.29 is 9.53 Å². The van der Waals surface area contributed by atoms with Gasteiger partial charge in [0.15, 0.2) is 0 Å². The number of nitrogens with one attached hydrogen (secondary N) is 1. The zero-order valence-electron chi connectivity index (χ0n) is 9.71. The largest absolute Gasteiger partial charge is 0.494 e. The molecule has 18 heavy (non-hydrogen) atoms. The fraction of sp³-hybridized carbons (Fsp3) is 0.182. The van der Waals surface area contributed by atoms with Crippen LogP contribution in [0.2, 0.25) is 0 Å². The molecule has 0 aliphatic heterocycles. The molecule has 1 heterocycles. The molecule has 94 valence electrons. The van der Waals surface area contributed by atoms with Crippen LogP contribution in [0.5, 0.6) is 5.75 Å². The van der Waals surface area contributed by atoms with E-state index in [4.69, 9.17) is 10.5 Å². The number of nitrogens with two attached hydrogens (primary N) is 1. The van der Waals surface area contributed by atoms with Gasteiger partial charge in [-0.1, -0.05) is 11.3 Å². The van der Waals surface area contributed by atoms with Crippen molar-refractivity contribution in [3.63, 3.8) is 0 Å².